The number of benzene rings is 3. The molecule has 1 saturated heterocycles. The van der Waals surface area contributed by atoms with E-state index in [1.165, 1.54) is 48.5 Å². The van der Waals surface area contributed by atoms with Gasteiger partial charge in [-0.2, -0.15) is 4.21 Å². The van der Waals surface area contributed by atoms with E-state index in [1.807, 2.05) is 6.92 Å². The summed E-state index contributed by atoms with van der Waals surface area (Å²) in [5.41, 5.74) is 2.08. The molecule has 22 nitrogen and oxygen atoms in total. The Kier molecular flexibility index (Phi) is 19.4. The summed E-state index contributed by atoms with van der Waals surface area (Å²) in [4.78, 5) is 38.2. The number of carbonyl (C=O) groups excluding carboxylic acids is 3. The maximum atomic E-state index is 12.7. The highest BCUT2D eigenvalue weighted by Gasteiger charge is 2.45. The lowest BCUT2D eigenvalue weighted by molar-refractivity contribution is -0.277. The molecular weight excluding hydrogens is 899 g/mol. The molecule has 0 saturated carbocycles. The van der Waals surface area contributed by atoms with Gasteiger partial charge in [-0.25, -0.2) is 13.1 Å². The summed E-state index contributed by atoms with van der Waals surface area (Å²) in [5.74, 6) is -2.26. The van der Waals surface area contributed by atoms with E-state index in [1.54, 1.807) is 23.0 Å². The van der Waals surface area contributed by atoms with Crippen LogP contribution in [0.2, 0.25) is 0 Å². The lowest BCUT2D eigenvalue weighted by Crippen LogP contribution is -2.60. The molecule has 7 N–H and O–H groups in total. The van der Waals surface area contributed by atoms with Crippen molar-refractivity contribution in [1.82, 2.24) is 25.6 Å². The van der Waals surface area contributed by atoms with Crippen LogP contribution in [0.5, 0.6) is 11.5 Å². The van der Waals surface area contributed by atoms with E-state index < -0.39 is 70.3 Å². The predicted octanol–water partition coefficient (Wildman–Crippen LogP) is -0.263. The number of carbonyl (C=O) groups is 3. The molecule has 2 unspecified atom stereocenters. The Hall–Kier alpha value is -5.25. The number of ketones is 1. The van der Waals surface area contributed by atoms with Crippen molar-refractivity contribution >= 4 is 38.8 Å². The van der Waals surface area contributed by atoms with Crippen molar-refractivity contribution in [1.29, 1.82) is 0 Å². The lowest BCUT2D eigenvalue weighted by atomic mass is 9.99. The standard InChI is InChI=1S/C41H51N5O17S2/c1-26-2-9-31(10-3-26)65(56,57)21-12-32(48)27-4-6-28(7-5-27)39(52)43-23-30-24-46(45-44-30)14-16-59-18-20-60-19-17-58-15-13-42-40(53)29-8-11-33(34(22-29)63-64(54)55)61-41-38(51)37(50)36(49)35(25-47)62-41/h2-11,22,24,35-38,41,47,49-51H,12-21,23,25H2,1H3,(H,42,53)(H,43,52)(H,54,55)/t35-,36+,37+,38-,41?/m1/s1. The predicted molar refractivity (Wildman–Crippen MR) is 227 cm³/mol. The van der Waals surface area contributed by atoms with Gasteiger partial charge in [0, 0.05) is 29.7 Å². The van der Waals surface area contributed by atoms with Gasteiger partial charge < -0.3 is 58.9 Å². The maximum absolute atomic E-state index is 12.7. The van der Waals surface area contributed by atoms with E-state index in [4.69, 9.17) is 27.9 Å². The quantitative estimate of drug-likeness (QED) is 0.0242. The van der Waals surface area contributed by atoms with Gasteiger partial charge in [-0.15, -0.1) is 5.10 Å². The van der Waals surface area contributed by atoms with Gasteiger partial charge in [-0.1, -0.05) is 35.0 Å². The summed E-state index contributed by atoms with van der Waals surface area (Å²) >= 11 is -2.83. The topological polar surface area (TPSA) is 314 Å². The maximum Gasteiger partial charge on any atom is 0.357 e. The fourth-order valence-corrected chi connectivity index (χ4v) is 7.59. The molecule has 0 aliphatic carbocycles. The first-order valence-electron chi connectivity index (χ1n) is 20.2. The number of amides is 2. The summed E-state index contributed by atoms with van der Waals surface area (Å²) in [6, 6.07) is 16.0. The van der Waals surface area contributed by atoms with E-state index in [0.717, 1.165) is 11.6 Å². The molecule has 6 atom stereocenters. The minimum absolute atomic E-state index is 0.0181. The summed E-state index contributed by atoms with van der Waals surface area (Å²) in [7, 11) is -3.61. The fraction of sp³-hybridized carbons (Fsp3) is 0.439. The average molecular weight is 950 g/mol. The second-order valence-corrected chi connectivity index (χ2v) is 17.1. The molecule has 5 rings (SSSR count). The summed E-state index contributed by atoms with van der Waals surface area (Å²) in [5, 5.41) is 53.1. The first-order valence-corrected chi connectivity index (χ1v) is 22.8. The summed E-state index contributed by atoms with van der Waals surface area (Å²) < 4.78 is 79.6. The van der Waals surface area contributed by atoms with Crippen LogP contribution < -0.4 is 19.6 Å². The lowest BCUT2D eigenvalue weighted by Gasteiger charge is -2.39. The highest BCUT2D eigenvalue weighted by molar-refractivity contribution is 7.91. The highest BCUT2D eigenvalue weighted by Crippen LogP contribution is 2.33. The van der Waals surface area contributed by atoms with Crippen molar-refractivity contribution in [2.75, 3.05) is 58.5 Å². The van der Waals surface area contributed by atoms with Crippen LogP contribution in [0, 0.1) is 6.92 Å². The van der Waals surface area contributed by atoms with Crippen LogP contribution in [-0.4, -0.2) is 159 Å². The number of aliphatic hydroxyl groups excluding tert-OH is 4. The first-order chi connectivity index (χ1) is 31.1. The van der Waals surface area contributed by atoms with Gasteiger partial charge in [-0.05, 0) is 49.4 Å². The van der Waals surface area contributed by atoms with Crippen molar-refractivity contribution < 1.29 is 79.9 Å². The van der Waals surface area contributed by atoms with Crippen LogP contribution in [0.4, 0.5) is 0 Å². The van der Waals surface area contributed by atoms with Crippen molar-refractivity contribution in [3.05, 3.63) is 101 Å². The zero-order valence-corrected chi connectivity index (χ0v) is 36.7. The highest BCUT2D eigenvalue weighted by atomic mass is 32.2. The molecule has 0 radical (unpaired) electrons. The molecule has 354 valence electrons. The minimum atomic E-state index is -3.61. The van der Waals surface area contributed by atoms with Gasteiger partial charge in [0.1, 0.15) is 30.1 Å². The second kappa shape index (κ2) is 24.9. The molecule has 2 amide bonds. The number of ether oxygens (including phenoxy) is 5. The first kappa shape index (κ1) is 50.7. The van der Waals surface area contributed by atoms with Crippen molar-refractivity contribution in [3.8, 4) is 11.5 Å². The molecule has 1 fully saturated rings. The molecule has 1 aromatic heterocycles. The molecule has 4 aromatic rings. The Morgan fingerprint density at radius 3 is 2.11 bits per heavy atom. The van der Waals surface area contributed by atoms with E-state index in [9.17, 15) is 52.0 Å². The van der Waals surface area contributed by atoms with Gasteiger partial charge in [-0.3, -0.25) is 18.9 Å². The van der Waals surface area contributed by atoms with Crippen LogP contribution in [0.3, 0.4) is 0 Å². The van der Waals surface area contributed by atoms with Gasteiger partial charge in [0.25, 0.3) is 11.8 Å². The number of rotatable bonds is 26. The SMILES string of the molecule is Cc1ccc(S(=O)(=O)CCC(=O)c2ccc(C(=O)NCc3cn(CCOCCOCCOCCNC(=O)c4ccc(OC5O[C@H](CO)[C@H](O)[C@H](O)[C@H]5O)c(OS(=O)O)c4)nn3)cc2)cc1. The number of aryl methyl sites for hydroxylation is 1. The average Bonchev–Trinajstić information content (AvgIpc) is 3.75. The number of nitrogens with one attached hydrogen (secondary N) is 2. The monoisotopic (exact) mass is 949 g/mol. The Bertz CT molecular complexity index is 2310. The molecule has 0 bridgehead atoms. The van der Waals surface area contributed by atoms with E-state index in [2.05, 4.69) is 20.9 Å². The van der Waals surface area contributed by atoms with Gasteiger partial charge in [0.15, 0.2) is 27.1 Å². The Balaban J connectivity index is 0.898. The van der Waals surface area contributed by atoms with Crippen LogP contribution in [-0.2, 0) is 53.2 Å². The number of nitrogens with zero attached hydrogens (tertiary/aromatic N) is 3. The molecule has 24 heteroatoms. The number of hydrogen-bond acceptors (Lipinski definition) is 18. The largest absolute Gasteiger partial charge is 0.458 e. The second-order valence-electron chi connectivity index (χ2n) is 14.4. The number of sulfone groups is 1. The third-order valence-corrected chi connectivity index (χ3v) is 11.7. The van der Waals surface area contributed by atoms with Crippen LogP contribution in [0.15, 0.2) is 77.8 Å². The molecule has 3 aromatic carbocycles. The molecule has 1 aliphatic rings. The van der Waals surface area contributed by atoms with Crippen LogP contribution in [0.1, 0.15) is 48.8 Å². The molecular formula is C41H51N5O17S2. The molecule has 0 spiro atoms. The Morgan fingerprint density at radius 2 is 1.43 bits per heavy atom. The minimum Gasteiger partial charge on any atom is -0.458 e. The normalized spacial score (nSPS) is 19.0. The zero-order valence-electron chi connectivity index (χ0n) is 35.1. The number of aromatic nitrogens is 3. The van der Waals surface area contributed by atoms with Gasteiger partial charge in [0.2, 0.25) is 6.29 Å². The third-order valence-electron chi connectivity index (χ3n) is 9.66. The van der Waals surface area contributed by atoms with E-state index in [0.29, 0.717) is 43.2 Å². The van der Waals surface area contributed by atoms with Crippen molar-refractivity contribution in [3.63, 3.8) is 0 Å². The van der Waals surface area contributed by atoms with E-state index >= 15 is 0 Å². The Labute approximate surface area is 376 Å². The molecule has 1 aliphatic heterocycles. The molecule has 65 heavy (non-hydrogen) atoms. The third kappa shape index (κ3) is 15.4. The Morgan fingerprint density at radius 1 is 0.800 bits per heavy atom. The van der Waals surface area contributed by atoms with Crippen molar-refractivity contribution in [2.45, 2.75) is 62.0 Å². The zero-order chi connectivity index (χ0) is 46.9. The number of hydrogen-bond donors (Lipinski definition) is 7. The number of aliphatic hydroxyl groups is 4. The summed E-state index contributed by atoms with van der Waals surface area (Å²) in [6.45, 7) is 3.29. The fourth-order valence-electron chi connectivity index (χ4n) is 6.06. The van der Waals surface area contributed by atoms with Gasteiger partial charge >= 0.3 is 11.4 Å². The van der Waals surface area contributed by atoms with E-state index in [-0.39, 0.29) is 72.8 Å². The van der Waals surface area contributed by atoms with Crippen LogP contribution in [0.25, 0.3) is 0 Å². The molecule has 2 heterocycles. The number of Topliss-reactive ketones (excluding diaryl/α,β-unsaturated/α-hetero) is 1. The van der Waals surface area contributed by atoms with Crippen molar-refractivity contribution in [2.24, 2.45) is 0 Å². The summed E-state index contributed by atoms with van der Waals surface area (Å²) in [6.07, 6.45) is -6.50. The van der Waals surface area contributed by atoms with Gasteiger partial charge in [0.05, 0.1) is 76.2 Å². The van der Waals surface area contributed by atoms with Crippen LogP contribution >= 0.6 is 0 Å². The smallest absolute Gasteiger partial charge is 0.357 e.